The number of hydrogen-bond donors (Lipinski definition) is 3. The minimum Gasteiger partial charge on any atom is -0.468 e. The molecule has 0 amide bonds. The van der Waals surface area contributed by atoms with Crippen LogP contribution in [0, 0.1) is 0 Å². The minimum atomic E-state index is -4.20. The number of para-hydroxylation sites is 1. The molecule has 184 valence electrons. The third-order valence-electron chi connectivity index (χ3n) is 4.72. The Morgan fingerprint density at radius 2 is 1.91 bits per heavy atom. The van der Waals surface area contributed by atoms with E-state index in [0.717, 1.165) is 0 Å². The number of aliphatic hydroxyl groups excluding tert-OH is 2. The van der Waals surface area contributed by atoms with Crippen molar-refractivity contribution in [2.24, 2.45) is 0 Å². The number of esters is 2. The van der Waals surface area contributed by atoms with Gasteiger partial charge >= 0.3 is 19.7 Å². The molecule has 0 spiro atoms. The van der Waals surface area contributed by atoms with E-state index in [9.17, 15) is 24.4 Å². The van der Waals surface area contributed by atoms with Crippen LogP contribution in [0.5, 0.6) is 5.75 Å². The zero-order valence-corrected chi connectivity index (χ0v) is 19.2. The fourth-order valence-corrected chi connectivity index (χ4v) is 4.46. The Hall–Kier alpha value is -2.86. The van der Waals surface area contributed by atoms with Crippen LogP contribution in [-0.4, -0.2) is 71.5 Å². The molecule has 0 saturated carbocycles. The van der Waals surface area contributed by atoms with Gasteiger partial charge in [0.1, 0.15) is 30.1 Å². The van der Waals surface area contributed by atoms with Gasteiger partial charge in [-0.1, -0.05) is 18.2 Å². The summed E-state index contributed by atoms with van der Waals surface area (Å²) < 4.78 is 39.4. The number of nitrogens with zero attached hydrogens (tertiary/aromatic N) is 1. The highest BCUT2D eigenvalue weighted by atomic mass is 31.2. The molecule has 34 heavy (non-hydrogen) atoms. The predicted octanol–water partition coefficient (Wildman–Crippen LogP) is 1.04. The summed E-state index contributed by atoms with van der Waals surface area (Å²) in [5, 5.41) is 23.0. The van der Waals surface area contributed by atoms with Gasteiger partial charge in [0.15, 0.2) is 0 Å². The van der Waals surface area contributed by atoms with Gasteiger partial charge < -0.3 is 28.9 Å². The lowest BCUT2D eigenvalue weighted by Crippen LogP contribution is -2.37. The van der Waals surface area contributed by atoms with Crippen molar-refractivity contribution >= 4 is 19.7 Å². The van der Waals surface area contributed by atoms with Crippen LogP contribution in [0.2, 0.25) is 0 Å². The Bertz CT molecular complexity index is 1010. The smallest absolute Gasteiger partial charge is 0.459 e. The van der Waals surface area contributed by atoms with Crippen molar-refractivity contribution in [1.29, 1.82) is 0 Å². The number of hydrogen-bond acceptors (Lipinski definition) is 11. The van der Waals surface area contributed by atoms with Crippen molar-refractivity contribution in [3.8, 4) is 5.75 Å². The Balaban J connectivity index is 1.66. The lowest BCUT2D eigenvalue weighted by Gasteiger charge is -2.24. The van der Waals surface area contributed by atoms with Gasteiger partial charge in [0.2, 0.25) is 6.29 Å². The molecule has 3 N–H and O–H groups in total. The first kappa shape index (κ1) is 25.8. The molecule has 3 rings (SSSR count). The molecule has 0 aliphatic carbocycles. The van der Waals surface area contributed by atoms with E-state index in [4.69, 9.17) is 18.5 Å². The second kappa shape index (κ2) is 11.5. The third kappa shape index (κ3) is 6.60. The van der Waals surface area contributed by atoms with Crippen LogP contribution in [0.1, 0.15) is 17.3 Å². The normalized spacial score (nSPS) is 24.6. The van der Waals surface area contributed by atoms with Crippen LogP contribution in [0.25, 0.3) is 0 Å². The van der Waals surface area contributed by atoms with Crippen LogP contribution in [-0.2, 0) is 28.1 Å². The quantitative estimate of drug-likeness (QED) is 0.317. The molecule has 13 heteroatoms. The summed E-state index contributed by atoms with van der Waals surface area (Å²) in [6.07, 6.45) is -3.12. The van der Waals surface area contributed by atoms with Gasteiger partial charge in [-0.15, -0.1) is 0 Å². The molecule has 1 aromatic heterocycles. The molecule has 1 saturated heterocycles. The van der Waals surface area contributed by atoms with Crippen molar-refractivity contribution < 1.29 is 47.6 Å². The number of benzene rings is 1. The molecule has 1 aromatic carbocycles. The van der Waals surface area contributed by atoms with Crippen LogP contribution in [0.15, 0.2) is 54.9 Å². The van der Waals surface area contributed by atoms with E-state index >= 15 is 0 Å². The Morgan fingerprint density at radius 3 is 2.56 bits per heavy atom. The van der Waals surface area contributed by atoms with Crippen molar-refractivity contribution in [1.82, 2.24) is 10.1 Å². The van der Waals surface area contributed by atoms with Gasteiger partial charge in [-0.3, -0.25) is 14.3 Å². The number of ether oxygens (including phenoxy) is 3. The van der Waals surface area contributed by atoms with Crippen LogP contribution in [0.3, 0.4) is 0 Å². The highest BCUT2D eigenvalue weighted by molar-refractivity contribution is 7.52. The number of rotatable bonds is 10. The molecule has 12 nitrogen and oxygen atoms in total. The molecule has 1 fully saturated rings. The van der Waals surface area contributed by atoms with E-state index in [-0.39, 0.29) is 11.3 Å². The summed E-state index contributed by atoms with van der Waals surface area (Å²) in [4.78, 5) is 27.8. The first-order chi connectivity index (χ1) is 16.2. The highest BCUT2D eigenvalue weighted by Gasteiger charge is 2.46. The first-order valence-corrected chi connectivity index (χ1v) is 11.7. The van der Waals surface area contributed by atoms with Crippen molar-refractivity contribution in [3.05, 3.63) is 60.4 Å². The third-order valence-corrected chi connectivity index (χ3v) is 6.37. The lowest BCUT2D eigenvalue weighted by atomic mass is 10.1. The SMILES string of the molecule is COC(=O)C(C)N[P@](=O)(OCC1OC(OC(=O)c2cccnc2)C(O)C1O)Oc1ccccc1. The zero-order valence-electron chi connectivity index (χ0n) is 18.3. The highest BCUT2D eigenvalue weighted by Crippen LogP contribution is 2.45. The molecule has 1 aliphatic rings. The van der Waals surface area contributed by atoms with E-state index in [1.807, 2.05) is 0 Å². The van der Waals surface area contributed by atoms with Gasteiger partial charge in [-0.25, -0.2) is 9.36 Å². The number of aliphatic hydroxyl groups is 2. The number of carbonyl (C=O) groups excluding carboxylic acids is 2. The summed E-state index contributed by atoms with van der Waals surface area (Å²) in [7, 11) is -3.03. The number of aromatic nitrogens is 1. The maximum absolute atomic E-state index is 13.3. The van der Waals surface area contributed by atoms with Gasteiger partial charge in [0.05, 0.1) is 19.3 Å². The van der Waals surface area contributed by atoms with E-state index in [0.29, 0.717) is 0 Å². The maximum Gasteiger partial charge on any atom is 0.459 e. The molecule has 2 aromatic rings. The maximum atomic E-state index is 13.3. The van der Waals surface area contributed by atoms with Gasteiger partial charge in [0, 0.05) is 12.4 Å². The second-order valence-electron chi connectivity index (χ2n) is 7.24. The van der Waals surface area contributed by atoms with Crippen molar-refractivity contribution in [2.45, 2.75) is 37.6 Å². The summed E-state index contributed by atoms with van der Waals surface area (Å²) in [5.74, 6) is -1.35. The Labute approximate surface area is 195 Å². The number of methoxy groups -OCH3 is 1. The van der Waals surface area contributed by atoms with Crippen LogP contribution < -0.4 is 9.61 Å². The molecular weight excluding hydrogens is 471 g/mol. The summed E-state index contributed by atoms with van der Waals surface area (Å²) in [5.41, 5.74) is 0.120. The Morgan fingerprint density at radius 1 is 1.18 bits per heavy atom. The molecule has 1 aliphatic heterocycles. The molecule has 0 bridgehead atoms. The van der Waals surface area contributed by atoms with E-state index in [2.05, 4.69) is 14.8 Å². The molecule has 6 atom stereocenters. The fourth-order valence-electron chi connectivity index (χ4n) is 2.95. The predicted molar refractivity (Wildman–Crippen MR) is 116 cm³/mol. The Kier molecular flexibility index (Phi) is 8.72. The zero-order chi connectivity index (χ0) is 24.7. The summed E-state index contributed by atoms with van der Waals surface area (Å²) in [6.45, 7) is 0.860. The molecule has 5 unspecified atom stereocenters. The largest absolute Gasteiger partial charge is 0.468 e. The average Bonchev–Trinajstić information content (AvgIpc) is 3.11. The summed E-state index contributed by atoms with van der Waals surface area (Å²) >= 11 is 0. The monoisotopic (exact) mass is 496 g/mol. The van der Waals surface area contributed by atoms with Gasteiger partial charge in [-0.2, -0.15) is 5.09 Å². The lowest BCUT2D eigenvalue weighted by molar-refractivity contribution is -0.142. The number of carbonyl (C=O) groups is 2. The topological polar surface area (TPSA) is 163 Å². The molecule has 0 radical (unpaired) electrons. The summed E-state index contributed by atoms with van der Waals surface area (Å²) in [6, 6.07) is 9.99. The van der Waals surface area contributed by atoms with Crippen molar-refractivity contribution in [3.63, 3.8) is 0 Å². The standard InChI is InChI=1S/C21H25N2O10P/c1-13(19(26)29-2)23-34(28,33-15-8-4-3-5-9-15)30-12-16-17(24)18(25)21(31-16)32-20(27)14-7-6-10-22-11-14/h3-11,13,16-18,21,24-25H,12H2,1-2H3,(H,23,28)/t13?,16?,17?,18?,21?,34-/m0/s1. The second-order valence-corrected chi connectivity index (χ2v) is 8.94. The average molecular weight is 496 g/mol. The van der Waals surface area contributed by atoms with Gasteiger partial charge in [-0.05, 0) is 31.2 Å². The van der Waals surface area contributed by atoms with Crippen LogP contribution >= 0.6 is 7.75 Å². The first-order valence-electron chi connectivity index (χ1n) is 10.2. The minimum absolute atomic E-state index is 0.120. The van der Waals surface area contributed by atoms with E-state index in [1.54, 1.807) is 18.2 Å². The van der Waals surface area contributed by atoms with Crippen LogP contribution in [0.4, 0.5) is 0 Å². The van der Waals surface area contributed by atoms with Crippen molar-refractivity contribution in [2.75, 3.05) is 13.7 Å². The van der Waals surface area contributed by atoms with E-state index < -0.39 is 56.9 Å². The number of pyridine rings is 1. The van der Waals surface area contributed by atoms with Gasteiger partial charge in [0.25, 0.3) is 0 Å². The number of nitrogens with one attached hydrogen (secondary N) is 1. The molecule has 2 heterocycles. The fraction of sp³-hybridized carbons (Fsp3) is 0.381. The van der Waals surface area contributed by atoms with E-state index in [1.165, 1.54) is 50.7 Å². The molecular formula is C21H25N2O10P.